The summed E-state index contributed by atoms with van der Waals surface area (Å²) in [6.45, 7) is 18.6. The van der Waals surface area contributed by atoms with E-state index >= 15 is 0 Å². The number of aromatic nitrogens is 2. The van der Waals surface area contributed by atoms with Crippen molar-refractivity contribution in [2.45, 2.75) is 79.3 Å². The van der Waals surface area contributed by atoms with Gasteiger partial charge in [0.25, 0.3) is 0 Å². The molecule has 4 nitrogen and oxygen atoms in total. The summed E-state index contributed by atoms with van der Waals surface area (Å²) in [7, 11) is 0. The molecule has 0 aliphatic heterocycles. The number of benzene rings is 3. The first kappa shape index (κ1) is 24.3. The maximum absolute atomic E-state index is 13.9. The summed E-state index contributed by atoms with van der Waals surface area (Å²) < 4.78 is 4.34. The Bertz CT molecular complexity index is 1670. The van der Waals surface area contributed by atoms with Gasteiger partial charge in [0.2, 0.25) is 0 Å². The van der Waals surface area contributed by atoms with Crippen molar-refractivity contribution in [1.82, 2.24) is 9.13 Å². The summed E-state index contributed by atoms with van der Waals surface area (Å²) in [5.41, 5.74) is 5.68. The molecule has 0 spiro atoms. The molecule has 5 aromatic rings. The number of fused-ring (bicyclic) bond motifs is 4. The van der Waals surface area contributed by atoms with Crippen molar-refractivity contribution in [2.24, 2.45) is 0 Å². The van der Waals surface area contributed by atoms with Gasteiger partial charge in [-0.15, -0.1) is 0 Å². The maximum atomic E-state index is 13.9. The Morgan fingerprint density at radius 3 is 1.17 bits per heavy atom. The molecule has 36 heavy (non-hydrogen) atoms. The molecule has 186 valence electrons. The Hall–Kier alpha value is -3.40. The standard InChI is InChI=1S/C32H36N2O2/c1-9-33-25-13-11-19(31(3,4)5)15-21(25)29(35)23-18-28-24(17-27(23)33)30(36)22-16-20(32(6,7)8)12-14-26(22)34(28)10-2/h11-18H,9-10H2,1-8H3. The van der Waals surface area contributed by atoms with E-state index in [1.165, 1.54) is 0 Å². The van der Waals surface area contributed by atoms with E-state index in [2.05, 4.69) is 101 Å². The van der Waals surface area contributed by atoms with Gasteiger partial charge in [-0.05, 0) is 72.2 Å². The van der Waals surface area contributed by atoms with Crippen molar-refractivity contribution in [3.05, 3.63) is 80.1 Å². The van der Waals surface area contributed by atoms with E-state index in [-0.39, 0.29) is 21.7 Å². The highest BCUT2D eigenvalue weighted by molar-refractivity contribution is 6.04. The van der Waals surface area contributed by atoms with Crippen LogP contribution in [0.15, 0.2) is 58.1 Å². The molecule has 0 bridgehead atoms. The summed E-state index contributed by atoms with van der Waals surface area (Å²) in [4.78, 5) is 27.8. The first-order valence-corrected chi connectivity index (χ1v) is 13.0. The molecule has 4 heteroatoms. The van der Waals surface area contributed by atoms with Crippen molar-refractivity contribution in [2.75, 3.05) is 0 Å². The summed E-state index contributed by atoms with van der Waals surface area (Å²) >= 11 is 0. The lowest BCUT2D eigenvalue weighted by atomic mass is 9.86. The van der Waals surface area contributed by atoms with Crippen LogP contribution in [0.4, 0.5) is 0 Å². The fourth-order valence-electron chi connectivity index (χ4n) is 5.46. The smallest absolute Gasteiger partial charge is 0.197 e. The topological polar surface area (TPSA) is 44.0 Å². The molecule has 0 radical (unpaired) electrons. The molecule has 5 rings (SSSR count). The predicted octanol–water partition coefficient (Wildman–Crippen LogP) is 7.26. The van der Waals surface area contributed by atoms with Crippen LogP contribution in [-0.4, -0.2) is 9.13 Å². The normalized spacial score (nSPS) is 12.9. The first-order valence-electron chi connectivity index (χ1n) is 13.0. The molecular weight excluding hydrogens is 444 g/mol. The van der Waals surface area contributed by atoms with Gasteiger partial charge in [0.05, 0.1) is 22.1 Å². The van der Waals surface area contributed by atoms with Crippen LogP contribution in [0.25, 0.3) is 43.6 Å². The highest BCUT2D eigenvalue weighted by Gasteiger charge is 2.20. The summed E-state index contributed by atoms with van der Waals surface area (Å²) in [5, 5.41) is 2.79. The third-order valence-electron chi connectivity index (χ3n) is 7.61. The molecule has 0 fully saturated rings. The fraction of sp³-hybridized carbons (Fsp3) is 0.375. The quantitative estimate of drug-likeness (QED) is 0.250. The summed E-state index contributed by atoms with van der Waals surface area (Å²) in [5.74, 6) is 0. The average molecular weight is 481 g/mol. The second kappa shape index (κ2) is 8.06. The highest BCUT2D eigenvalue weighted by Crippen LogP contribution is 2.31. The molecule has 0 unspecified atom stereocenters. The maximum Gasteiger partial charge on any atom is 0.197 e. The lowest BCUT2D eigenvalue weighted by molar-refractivity contribution is 0.590. The zero-order chi connectivity index (χ0) is 26.2. The van der Waals surface area contributed by atoms with Crippen molar-refractivity contribution in [3.63, 3.8) is 0 Å². The van der Waals surface area contributed by atoms with Crippen molar-refractivity contribution >= 4 is 43.6 Å². The Morgan fingerprint density at radius 1 is 0.528 bits per heavy atom. The molecule has 0 aliphatic carbocycles. The Balaban J connectivity index is 1.98. The Morgan fingerprint density at radius 2 is 0.861 bits per heavy atom. The van der Waals surface area contributed by atoms with Gasteiger partial charge in [0, 0.05) is 34.6 Å². The number of aryl methyl sites for hydroxylation is 2. The van der Waals surface area contributed by atoms with Gasteiger partial charge in [0.15, 0.2) is 10.9 Å². The molecule has 0 N–H and O–H groups in total. The minimum Gasteiger partial charge on any atom is -0.341 e. The minimum absolute atomic E-state index is 0.0241. The second-order valence-corrected chi connectivity index (χ2v) is 12.0. The molecule has 2 heterocycles. The third kappa shape index (κ3) is 3.57. The third-order valence-corrected chi connectivity index (χ3v) is 7.61. The van der Waals surface area contributed by atoms with Crippen LogP contribution in [0.3, 0.4) is 0 Å². The fourth-order valence-corrected chi connectivity index (χ4v) is 5.46. The zero-order valence-electron chi connectivity index (χ0n) is 22.7. The van der Waals surface area contributed by atoms with E-state index in [9.17, 15) is 9.59 Å². The van der Waals surface area contributed by atoms with E-state index in [1.807, 2.05) is 12.1 Å². The van der Waals surface area contributed by atoms with E-state index in [0.29, 0.717) is 23.9 Å². The second-order valence-electron chi connectivity index (χ2n) is 12.0. The van der Waals surface area contributed by atoms with Gasteiger partial charge in [-0.3, -0.25) is 9.59 Å². The number of pyridine rings is 2. The van der Waals surface area contributed by atoms with Gasteiger partial charge in [-0.25, -0.2) is 0 Å². The molecule has 0 saturated carbocycles. The molecule has 0 aliphatic rings. The number of nitrogens with zero attached hydrogens (tertiary/aromatic N) is 2. The van der Waals surface area contributed by atoms with Gasteiger partial charge < -0.3 is 9.13 Å². The monoisotopic (exact) mass is 480 g/mol. The number of rotatable bonds is 2. The minimum atomic E-state index is -0.0521. The predicted molar refractivity (Wildman–Crippen MR) is 154 cm³/mol. The van der Waals surface area contributed by atoms with Gasteiger partial charge in [-0.1, -0.05) is 53.7 Å². The van der Waals surface area contributed by atoms with Crippen LogP contribution < -0.4 is 10.9 Å². The van der Waals surface area contributed by atoms with Crippen molar-refractivity contribution in [3.8, 4) is 0 Å². The van der Waals surface area contributed by atoms with Crippen LogP contribution >= 0.6 is 0 Å². The lowest BCUT2D eigenvalue weighted by Gasteiger charge is -2.22. The molecule has 0 atom stereocenters. The molecular formula is C32H36N2O2. The van der Waals surface area contributed by atoms with Crippen LogP contribution in [-0.2, 0) is 23.9 Å². The van der Waals surface area contributed by atoms with Crippen LogP contribution in [0.5, 0.6) is 0 Å². The highest BCUT2D eigenvalue weighted by atomic mass is 16.1. The Labute approximate surface area is 212 Å². The Kier molecular flexibility index (Phi) is 5.44. The van der Waals surface area contributed by atoms with Crippen molar-refractivity contribution in [1.29, 1.82) is 0 Å². The zero-order valence-corrected chi connectivity index (χ0v) is 22.7. The van der Waals surface area contributed by atoms with Crippen LogP contribution in [0.1, 0.15) is 66.5 Å². The number of hydrogen-bond acceptors (Lipinski definition) is 2. The van der Waals surface area contributed by atoms with Gasteiger partial charge in [-0.2, -0.15) is 0 Å². The average Bonchev–Trinajstić information content (AvgIpc) is 2.82. The molecule has 0 saturated heterocycles. The largest absolute Gasteiger partial charge is 0.341 e. The molecule has 2 aromatic heterocycles. The molecule has 0 amide bonds. The summed E-state index contributed by atoms with van der Waals surface area (Å²) in [6, 6.07) is 16.4. The number of hydrogen-bond donors (Lipinski definition) is 0. The first-order chi connectivity index (χ1) is 16.9. The lowest BCUT2D eigenvalue weighted by Crippen LogP contribution is -2.17. The van der Waals surface area contributed by atoms with Crippen molar-refractivity contribution < 1.29 is 0 Å². The van der Waals surface area contributed by atoms with Crippen LogP contribution in [0, 0.1) is 0 Å². The molecule has 3 aromatic carbocycles. The van der Waals surface area contributed by atoms with Crippen LogP contribution in [0.2, 0.25) is 0 Å². The van der Waals surface area contributed by atoms with E-state index in [1.54, 1.807) is 0 Å². The van der Waals surface area contributed by atoms with Gasteiger partial charge >= 0.3 is 0 Å². The summed E-state index contributed by atoms with van der Waals surface area (Å²) in [6.07, 6.45) is 0. The van der Waals surface area contributed by atoms with Gasteiger partial charge in [0.1, 0.15) is 0 Å². The van der Waals surface area contributed by atoms with E-state index in [4.69, 9.17) is 0 Å². The van der Waals surface area contributed by atoms with E-state index in [0.717, 1.165) is 44.0 Å². The van der Waals surface area contributed by atoms with E-state index < -0.39 is 0 Å². The SMILES string of the molecule is CCn1c2ccc(C(C)(C)C)cc2c(=O)c2cc3c(cc21)c(=O)c1cc(C(C)(C)C)ccc1n3CC.